The molecular weight excluding hydrogens is 393 g/mol. The Balaban J connectivity index is 1.44. The van der Waals surface area contributed by atoms with Gasteiger partial charge in [-0.1, -0.05) is 5.16 Å². The van der Waals surface area contributed by atoms with Crippen LogP contribution in [0.1, 0.15) is 27.9 Å². The molecule has 11 heteroatoms. The van der Waals surface area contributed by atoms with Gasteiger partial charge in [-0.15, -0.1) is 5.10 Å². The standard InChI is InChI=1S/C19H16FN7O3/c1-11-23-25-26-27(11)14-5-8-16(20)17(9-14)22-19(28)13-3-6-15(7-4-13)29-10-18-21-12(2)30-24-18/h3-9H,10H2,1-2H3,(H,22,28). The Morgan fingerprint density at radius 1 is 1.20 bits per heavy atom. The van der Waals surface area contributed by atoms with Crippen LogP contribution in [0.4, 0.5) is 10.1 Å². The lowest BCUT2D eigenvalue weighted by Gasteiger charge is -2.10. The molecule has 1 N–H and O–H groups in total. The Hall–Kier alpha value is -4.15. The highest BCUT2D eigenvalue weighted by Crippen LogP contribution is 2.21. The maximum absolute atomic E-state index is 14.2. The molecule has 0 aliphatic heterocycles. The van der Waals surface area contributed by atoms with Gasteiger partial charge in [0.05, 0.1) is 11.4 Å². The van der Waals surface area contributed by atoms with Crippen LogP contribution < -0.4 is 10.1 Å². The van der Waals surface area contributed by atoms with Crippen LogP contribution >= 0.6 is 0 Å². The summed E-state index contributed by atoms with van der Waals surface area (Å²) in [5, 5.41) is 17.5. The number of aryl methyl sites for hydroxylation is 2. The van der Waals surface area contributed by atoms with Gasteiger partial charge < -0.3 is 14.6 Å². The van der Waals surface area contributed by atoms with Gasteiger partial charge >= 0.3 is 0 Å². The average molecular weight is 409 g/mol. The number of hydrogen-bond donors (Lipinski definition) is 1. The molecule has 0 fully saturated rings. The molecule has 4 aromatic rings. The van der Waals surface area contributed by atoms with E-state index in [1.54, 1.807) is 38.1 Å². The molecule has 2 aromatic carbocycles. The van der Waals surface area contributed by atoms with E-state index in [0.717, 1.165) is 0 Å². The quantitative estimate of drug-likeness (QED) is 0.516. The second-order valence-corrected chi connectivity index (χ2v) is 6.30. The lowest BCUT2D eigenvalue weighted by molar-refractivity contribution is 0.102. The summed E-state index contributed by atoms with van der Waals surface area (Å²) in [5.41, 5.74) is 0.871. The summed E-state index contributed by atoms with van der Waals surface area (Å²) in [4.78, 5) is 16.6. The molecular formula is C19H16FN7O3. The lowest BCUT2D eigenvalue weighted by Crippen LogP contribution is -2.13. The van der Waals surface area contributed by atoms with Gasteiger partial charge in [-0.2, -0.15) is 9.67 Å². The van der Waals surface area contributed by atoms with Crippen LogP contribution in [0, 0.1) is 19.7 Å². The van der Waals surface area contributed by atoms with Gasteiger partial charge in [0, 0.05) is 12.5 Å². The fraction of sp³-hybridized carbons (Fsp3) is 0.158. The zero-order chi connectivity index (χ0) is 21.1. The molecule has 1 amide bonds. The Morgan fingerprint density at radius 2 is 2.00 bits per heavy atom. The van der Waals surface area contributed by atoms with E-state index in [9.17, 15) is 9.18 Å². The predicted octanol–water partition coefficient (Wildman–Crippen LogP) is 2.63. The van der Waals surface area contributed by atoms with Crippen LogP contribution in [0.2, 0.25) is 0 Å². The lowest BCUT2D eigenvalue weighted by atomic mass is 10.2. The van der Waals surface area contributed by atoms with Gasteiger partial charge in [-0.3, -0.25) is 4.79 Å². The summed E-state index contributed by atoms with van der Waals surface area (Å²) >= 11 is 0. The minimum atomic E-state index is -0.576. The number of carbonyl (C=O) groups excluding carboxylic acids is 1. The minimum Gasteiger partial charge on any atom is -0.485 e. The number of anilines is 1. The number of nitrogens with zero attached hydrogens (tertiary/aromatic N) is 6. The number of carbonyl (C=O) groups is 1. The Bertz CT molecular complexity index is 1190. The first kappa shape index (κ1) is 19.2. The summed E-state index contributed by atoms with van der Waals surface area (Å²) in [5.74, 6) is 0.879. The van der Waals surface area contributed by atoms with Gasteiger partial charge in [-0.25, -0.2) is 4.39 Å². The van der Waals surface area contributed by atoms with E-state index in [4.69, 9.17) is 9.26 Å². The van der Waals surface area contributed by atoms with Crippen LogP contribution in [0.3, 0.4) is 0 Å². The average Bonchev–Trinajstić information content (AvgIpc) is 3.36. The largest absolute Gasteiger partial charge is 0.485 e. The van der Waals surface area contributed by atoms with Crippen LogP contribution in [-0.4, -0.2) is 36.3 Å². The highest BCUT2D eigenvalue weighted by Gasteiger charge is 2.13. The molecule has 2 aromatic heterocycles. The number of nitrogens with one attached hydrogen (secondary N) is 1. The molecule has 0 aliphatic rings. The molecule has 0 saturated heterocycles. The second-order valence-electron chi connectivity index (χ2n) is 6.30. The zero-order valence-electron chi connectivity index (χ0n) is 16.0. The van der Waals surface area contributed by atoms with E-state index in [2.05, 4.69) is 31.0 Å². The van der Waals surface area contributed by atoms with Crippen molar-refractivity contribution >= 4 is 11.6 Å². The molecule has 30 heavy (non-hydrogen) atoms. The normalized spacial score (nSPS) is 10.8. The third-order valence-corrected chi connectivity index (χ3v) is 4.12. The number of tetrazole rings is 1. The van der Waals surface area contributed by atoms with Crippen molar-refractivity contribution in [1.82, 2.24) is 30.3 Å². The monoisotopic (exact) mass is 409 g/mol. The van der Waals surface area contributed by atoms with Crippen molar-refractivity contribution in [3.05, 3.63) is 71.4 Å². The summed E-state index contributed by atoms with van der Waals surface area (Å²) in [6.07, 6.45) is 0. The summed E-state index contributed by atoms with van der Waals surface area (Å²) in [6.45, 7) is 3.54. The fourth-order valence-corrected chi connectivity index (χ4v) is 2.66. The van der Waals surface area contributed by atoms with Gasteiger partial charge in [0.1, 0.15) is 11.6 Å². The molecule has 0 saturated carbocycles. The number of halogens is 1. The van der Waals surface area contributed by atoms with Crippen molar-refractivity contribution < 1.29 is 18.4 Å². The van der Waals surface area contributed by atoms with Crippen molar-refractivity contribution in [2.75, 3.05) is 5.32 Å². The van der Waals surface area contributed by atoms with Gasteiger partial charge in [0.25, 0.3) is 5.91 Å². The van der Waals surface area contributed by atoms with Crippen molar-refractivity contribution in [3.8, 4) is 11.4 Å². The van der Waals surface area contributed by atoms with Gasteiger partial charge in [-0.05, 0) is 59.8 Å². The molecule has 10 nitrogen and oxygen atoms in total. The van der Waals surface area contributed by atoms with E-state index < -0.39 is 11.7 Å². The van der Waals surface area contributed by atoms with Crippen molar-refractivity contribution in [2.24, 2.45) is 0 Å². The molecule has 0 aliphatic carbocycles. The van der Waals surface area contributed by atoms with E-state index in [-0.39, 0.29) is 12.3 Å². The van der Waals surface area contributed by atoms with E-state index in [1.807, 2.05) is 0 Å². The first-order valence-electron chi connectivity index (χ1n) is 8.88. The highest BCUT2D eigenvalue weighted by molar-refractivity contribution is 6.04. The van der Waals surface area contributed by atoms with Crippen LogP contribution in [-0.2, 0) is 6.61 Å². The molecule has 0 spiro atoms. The molecule has 0 unspecified atom stereocenters. The Kier molecular flexibility index (Phi) is 5.16. The number of amides is 1. The molecule has 0 atom stereocenters. The first-order chi connectivity index (χ1) is 14.5. The first-order valence-corrected chi connectivity index (χ1v) is 8.88. The van der Waals surface area contributed by atoms with E-state index >= 15 is 0 Å². The Labute approximate surface area is 169 Å². The number of ether oxygens (including phenoxy) is 1. The fourth-order valence-electron chi connectivity index (χ4n) is 2.66. The summed E-state index contributed by atoms with van der Waals surface area (Å²) in [6, 6.07) is 10.6. The minimum absolute atomic E-state index is 0.0141. The second kappa shape index (κ2) is 8.07. The molecule has 2 heterocycles. The van der Waals surface area contributed by atoms with Crippen LogP contribution in [0.15, 0.2) is 47.0 Å². The molecule has 152 valence electrons. The molecule has 0 bridgehead atoms. The van der Waals surface area contributed by atoms with Crippen LogP contribution in [0.25, 0.3) is 5.69 Å². The number of hydrogen-bond acceptors (Lipinski definition) is 8. The zero-order valence-corrected chi connectivity index (χ0v) is 16.0. The highest BCUT2D eigenvalue weighted by atomic mass is 19.1. The SMILES string of the molecule is Cc1nc(COc2ccc(C(=O)Nc3cc(-n4nnnc4C)ccc3F)cc2)no1. The third kappa shape index (κ3) is 4.14. The third-order valence-electron chi connectivity index (χ3n) is 4.12. The van der Waals surface area contributed by atoms with Crippen molar-refractivity contribution in [2.45, 2.75) is 20.5 Å². The number of aromatic nitrogens is 6. The predicted molar refractivity (Wildman–Crippen MR) is 102 cm³/mol. The molecule has 0 radical (unpaired) electrons. The van der Waals surface area contributed by atoms with Crippen molar-refractivity contribution in [1.29, 1.82) is 0 Å². The number of rotatable bonds is 6. The molecule has 4 rings (SSSR count). The van der Waals surface area contributed by atoms with E-state index in [1.165, 1.54) is 22.9 Å². The van der Waals surface area contributed by atoms with Crippen molar-refractivity contribution in [3.63, 3.8) is 0 Å². The maximum atomic E-state index is 14.2. The number of benzene rings is 2. The van der Waals surface area contributed by atoms with Gasteiger partial charge in [0.2, 0.25) is 11.7 Å². The maximum Gasteiger partial charge on any atom is 0.255 e. The smallest absolute Gasteiger partial charge is 0.255 e. The summed E-state index contributed by atoms with van der Waals surface area (Å²) in [7, 11) is 0. The van der Waals surface area contributed by atoms with E-state index in [0.29, 0.717) is 34.5 Å². The van der Waals surface area contributed by atoms with Gasteiger partial charge in [0.15, 0.2) is 12.4 Å². The summed E-state index contributed by atoms with van der Waals surface area (Å²) < 4.78 is 26.1. The Morgan fingerprint density at radius 3 is 2.67 bits per heavy atom. The van der Waals surface area contributed by atoms with Crippen LogP contribution in [0.5, 0.6) is 5.75 Å². The topological polar surface area (TPSA) is 121 Å².